The molecule has 1 rings (SSSR count). The van der Waals surface area contributed by atoms with Gasteiger partial charge in [-0.1, -0.05) is 0 Å². The Kier molecular flexibility index (Phi) is 6.06. The fraction of sp³-hybridized carbons (Fsp3) is 0.500. The van der Waals surface area contributed by atoms with E-state index in [9.17, 15) is 8.42 Å². The van der Waals surface area contributed by atoms with Crippen LogP contribution in [0.2, 0.25) is 0 Å². The Hall–Kier alpha value is -0.150. The second kappa shape index (κ2) is 6.85. The van der Waals surface area contributed by atoms with Crippen LogP contribution in [0.3, 0.4) is 0 Å². The van der Waals surface area contributed by atoms with Crippen molar-refractivity contribution >= 4 is 37.7 Å². The van der Waals surface area contributed by atoms with E-state index in [1.165, 1.54) is 30.2 Å². The van der Waals surface area contributed by atoms with E-state index < -0.39 is 10.0 Å². The summed E-state index contributed by atoms with van der Waals surface area (Å²) in [4.78, 5) is 3.92. The fourth-order valence-electron chi connectivity index (χ4n) is 1.36. The first-order valence-electron chi connectivity index (χ1n) is 5.17. The van der Waals surface area contributed by atoms with Gasteiger partial charge in [0.05, 0.1) is 6.61 Å². The first-order valence-corrected chi connectivity index (χ1v) is 8.73. The van der Waals surface area contributed by atoms with Gasteiger partial charge in [0.15, 0.2) is 0 Å². The standard InChI is InChI=1S/C10H15BrN2O3S2/c1-7(10(6-14)17-2)13-18(15,16)9-3-8(11)4-12-5-9/h3-5,7,10,13-14H,6H2,1-2H3. The van der Waals surface area contributed by atoms with Crippen LogP contribution in [0, 0.1) is 0 Å². The summed E-state index contributed by atoms with van der Waals surface area (Å²) < 4.78 is 27.3. The fourth-order valence-corrected chi connectivity index (χ4v) is 3.86. The maximum absolute atomic E-state index is 12.1. The molecule has 8 heteroatoms. The van der Waals surface area contributed by atoms with Gasteiger partial charge in [-0.2, -0.15) is 11.8 Å². The van der Waals surface area contributed by atoms with Crippen molar-refractivity contribution in [3.8, 4) is 0 Å². The molecular formula is C10H15BrN2O3S2. The number of hydrogen-bond donors (Lipinski definition) is 2. The summed E-state index contributed by atoms with van der Waals surface area (Å²) in [5, 5.41) is 8.95. The average molecular weight is 355 g/mol. The number of hydrogen-bond acceptors (Lipinski definition) is 5. The number of aromatic nitrogens is 1. The highest BCUT2D eigenvalue weighted by Crippen LogP contribution is 2.17. The zero-order chi connectivity index (χ0) is 13.8. The van der Waals surface area contributed by atoms with E-state index in [0.29, 0.717) is 4.47 Å². The SMILES string of the molecule is CSC(CO)C(C)NS(=O)(=O)c1cncc(Br)c1. The van der Waals surface area contributed by atoms with Crippen LogP contribution in [0.25, 0.3) is 0 Å². The quantitative estimate of drug-likeness (QED) is 0.803. The zero-order valence-electron chi connectivity index (χ0n) is 10.00. The van der Waals surface area contributed by atoms with Crippen molar-refractivity contribution in [3.05, 3.63) is 22.9 Å². The van der Waals surface area contributed by atoms with Crippen LogP contribution in [0.4, 0.5) is 0 Å². The highest BCUT2D eigenvalue weighted by Gasteiger charge is 2.23. The van der Waals surface area contributed by atoms with Gasteiger partial charge in [0.25, 0.3) is 0 Å². The molecule has 0 aliphatic heterocycles. The lowest BCUT2D eigenvalue weighted by molar-refractivity contribution is 0.282. The molecule has 5 nitrogen and oxygen atoms in total. The molecule has 0 saturated carbocycles. The lowest BCUT2D eigenvalue weighted by atomic mass is 10.3. The Morgan fingerprint density at radius 3 is 2.72 bits per heavy atom. The van der Waals surface area contributed by atoms with Crippen molar-refractivity contribution in [2.45, 2.75) is 23.1 Å². The summed E-state index contributed by atoms with van der Waals surface area (Å²) in [5.74, 6) is 0. The minimum atomic E-state index is -3.61. The summed E-state index contributed by atoms with van der Waals surface area (Å²) >= 11 is 4.59. The van der Waals surface area contributed by atoms with Crippen LogP contribution in [0.15, 0.2) is 27.8 Å². The minimum Gasteiger partial charge on any atom is -0.395 e. The van der Waals surface area contributed by atoms with Crippen molar-refractivity contribution in [3.63, 3.8) is 0 Å². The van der Waals surface area contributed by atoms with Crippen molar-refractivity contribution in [1.82, 2.24) is 9.71 Å². The van der Waals surface area contributed by atoms with Crippen LogP contribution in [-0.2, 0) is 10.0 Å². The molecule has 0 aliphatic carbocycles. The third kappa shape index (κ3) is 4.20. The van der Waals surface area contributed by atoms with Crippen LogP contribution in [0.1, 0.15) is 6.92 Å². The summed E-state index contributed by atoms with van der Waals surface area (Å²) in [6, 6.07) is 1.11. The Balaban J connectivity index is 2.89. The Bertz CT molecular complexity index is 492. The number of nitrogens with zero attached hydrogens (tertiary/aromatic N) is 1. The van der Waals surface area contributed by atoms with Crippen molar-refractivity contribution < 1.29 is 13.5 Å². The number of rotatable bonds is 6. The Labute approximate surface area is 120 Å². The predicted octanol–water partition coefficient (Wildman–Crippen LogP) is 1.23. The highest BCUT2D eigenvalue weighted by atomic mass is 79.9. The predicted molar refractivity (Wildman–Crippen MR) is 76.1 cm³/mol. The smallest absolute Gasteiger partial charge is 0.242 e. The number of sulfonamides is 1. The molecule has 0 aliphatic rings. The molecule has 1 aromatic heterocycles. The Morgan fingerprint density at radius 1 is 1.56 bits per heavy atom. The lowest BCUT2D eigenvalue weighted by Gasteiger charge is -2.21. The molecule has 2 atom stereocenters. The summed E-state index contributed by atoms with van der Waals surface area (Å²) in [6.07, 6.45) is 4.63. The van der Waals surface area contributed by atoms with Crippen molar-refractivity contribution in [1.29, 1.82) is 0 Å². The number of pyridine rings is 1. The normalized spacial score (nSPS) is 15.3. The van der Waals surface area contributed by atoms with E-state index in [4.69, 9.17) is 5.11 Å². The number of thioether (sulfide) groups is 1. The van der Waals surface area contributed by atoms with Gasteiger partial charge in [0.2, 0.25) is 10.0 Å². The van der Waals surface area contributed by atoms with E-state index >= 15 is 0 Å². The van der Waals surface area contributed by atoms with Gasteiger partial charge in [0, 0.05) is 28.2 Å². The average Bonchev–Trinajstić information content (AvgIpc) is 2.30. The lowest BCUT2D eigenvalue weighted by Crippen LogP contribution is -2.41. The van der Waals surface area contributed by atoms with E-state index in [1.54, 1.807) is 6.92 Å². The first-order chi connectivity index (χ1) is 8.40. The molecule has 0 radical (unpaired) electrons. The van der Waals surface area contributed by atoms with Crippen LogP contribution >= 0.6 is 27.7 Å². The molecular weight excluding hydrogens is 340 g/mol. The third-order valence-electron chi connectivity index (χ3n) is 2.37. The van der Waals surface area contributed by atoms with Gasteiger partial charge in [0.1, 0.15) is 4.90 Å². The molecule has 0 aromatic carbocycles. The summed E-state index contributed by atoms with van der Waals surface area (Å²) in [6.45, 7) is 1.64. The van der Waals surface area contributed by atoms with Gasteiger partial charge in [-0.25, -0.2) is 13.1 Å². The second-order valence-electron chi connectivity index (χ2n) is 3.71. The maximum Gasteiger partial charge on any atom is 0.242 e. The molecule has 1 heterocycles. The highest BCUT2D eigenvalue weighted by molar-refractivity contribution is 9.10. The Morgan fingerprint density at radius 2 is 2.22 bits per heavy atom. The van der Waals surface area contributed by atoms with Gasteiger partial charge in [-0.3, -0.25) is 4.98 Å². The number of aliphatic hydroxyl groups excluding tert-OH is 1. The third-order valence-corrected chi connectivity index (χ3v) is 5.49. The van der Waals surface area contributed by atoms with Crippen LogP contribution in [0.5, 0.6) is 0 Å². The molecule has 0 spiro atoms. The topological polar surface area (TPSA) is 79.3 Å². The van der Waals surface area contributed by atoms with Crippen LogP contribution in [-0.4, -0.2) is 42.7 Å². The number of nitrogens with one attached hydrogen (secondary N) is 1. The summed E-state index contributed by atoms with van der Waals surface area (Å²) in [5.41, 5.74) is 0. The van der Waals surface area contributed by atoms with Crippen LogP contribution < -0.4 is 4.72 Å². The maximum atomic E-state index is 12.1. The van der Waals surface area contributed by atoms with E-state index in [2.05, 4.69) is 25.6 Å². The number of halogens is 1. The molecule has 18 heavy (non-hydrogen) atoms. The van der Waals surface area contributed by atoms with E-state index in [0.717, 1.165) is 0 Å². The molecule has 0 bridgehead atoms. The molecule has 0 fully saturated rings. The molecule has 2 N–H and O–H groups in total. The molecule has 0 saturated heterocycles. The van der Waals surface area contributed by atoms with Gasteiger partial charge >= 0.3 is 0 Å². The molecule has 102 valence electrons. The first kappa shape index (κ1) is 15.9. The minimum absolute atomic E-state index is 0.0818. The second-order valence-corrected chi connectivity index (χ2v) is 7.41. The van der Waals surface area contributed by atoms with Crippen molar-refractivity contribution in [2.24, 2.45) is 0 Å². The molecule has 0 amide bonds. The summed E-state index contributed by atoms with van der Waals surface area (Å²) in [7, 11) is -3.61. The monoisotopic (exact) mass is 354 g/mol. The van der Waals surface area contributed by atoms with Crippen molar-refractivity contribution in [2.75, 3.05) is 12.9 Å². The molecule has 1 aromatic rings. The largest absolute Gasteiger partial charge is 0.395 e. The van der Waals surface area contributed by atoms with E-state index in [-0.39, 0.29) is 22.8 Å². The van der Waals surface area contributed by atoms with Gasteiger partial charge < -0.3 is 5.11 Å². The number of aliphatic hydroxyl groups is 1. The molecule has 2 unspecified atom stereocenters. The van der Waals surface area contributed by atoms with Gasteiger partial charge in [-0.15, -0.1) is 0 Å². The van der Waals surface area contributed by atoms with Gasteiger partial charge in [-0.05, 0) is 35.2 Å². The van der Waals surface area contributed by atoms with E-state index in [1.807, 2.05) is 6.26 Å². The zero-order valence-corrected chi connectivity index (χ0v) is 13.2.